The van der Waals surface area contributed by atoms with E-state index in [2.05, 4.69) is 47.6 Å². The maximum absolute atomic E-state index is 14.4. The molecule has 2 atom stereocenters. The predicted octanol–water partition coefficient (Wildman–Crippen LogP) is 5.18. The fourth-order valence-electron chi connectivity index (χ4n) is 7.08. The highest BCUT2D eigenvalue weighted by atomic mass is 79.9. The molecule has 13 nitrogen and oxygen atoms in total. The number of halogens is 1. The van der Waals surface area contributed by atoms with Gasteiger partial charge < -0.3 is 20.3 Å². The molecule has 5 heterocycles. The molecule has 14 heteroatoms. The van der Waals surface area contributed by atoms with Crippen LogP contribution in [0, 0.1) is 12.3 Å². The standard InChI is InChI=1S/C37H43BrN8O5/c1-22(47)33-28-14-26(27-16-39-23(2)40-17-27)13-24-9-7-5-6-8-10-31(48)41-20-37(3)15-29(45(21-37)32(49)18-46(44-33)34(24)28)36(50)43-35-25(19-51-4)11-12-30(38)42-35/h11-14,16-17,29H,5-10,15,18-21H2,1-4H3,(H,41,48)(H,42,43,50)/t29-,37-/m0/s1. The van der Waals surface area contributed by atoms with Crippen LogP contribution in [0.3, 0.4) is 0 Å². The van der Waals surface area contributed by atoms with Gasteiger partial charge in [-0.3, -0.25) is 23.9 Å². The van der Waals surface area contributed by atoms with Crippen LogP contribution in [-0.2, 0) is 38.7 Å². The highest BCUT2D eigenvalue weighted by Gasteiger charge is 2.46. The molecule has 1 fully saturated rings. The number of carbonyl (C=O) groups is 4. The van der Waals surface area contributed by atoms with Crippen molar-refractivity contribution >= 4 is 56.2 Å². The van der Waals surface area contributed by atoms with Gasteiger partial charge in [-0.25, -0.2) is 15.0 Å². The number of aryl methyl sites for hydroxylation is 2. The summed E-state index contributed by atoms with van der Waals surface area (Å²) in [7, 11) is 1.56. The van der Waals surface area contributed by atoms with Crippen molar-refractivity contribution in [3.8, 4) is 11.1 Å². The summed E-state index contributed by atoms with van der Waals surface area (Å²) < 4.78 is 7.48. The Morgan fingerprint density at radius 3 is 2.55 bits per heavy atom. The number of ketones is 1. The minimum atomic E-state index is -0.851. The third-order valence-corrected chi connectivity index (χ3v) is 10.1. The molecule has 4 aromatic rings. The molecule has 0 radical (unpaired) electrons. The maximum atomic E-state index is 14.4. The average Bonchev–Trinajstić information content (AvgIpc) is 3.65. The van der Waals surface area contributed by atoms with Crippen LogP contribution in [-0.4, -0.2) is 79.4 Å². The largest absolute Gasteiger partial charge is 0.380 e. The number of rotatable bonds is 6. The van der Waals surface area contributed by atoms with E-state index in [9.17, 15) is 19.2 Å². The second-order valence-corrected chi connectivity index (χ2v) is 14.7. The summed E-state index contributed by atoms with van der Waals surface area (Å²) in [6, 6.07) is 6.71. The molecule has 3 aromatic heterocycles. The second-order valence-electron chi connectivity index (χ2n) is 13.9. The third kappa shape index (κ3) is 8.17. The molecule has 0 spiro atoms. The first-order chi connectivity index (χ1) is 24.4. The molecule has 1 aromatic carbocycles. The number of pyridine rings is 1. The summed E-state index contributed by atoms with van der Waals surface area (Å²) in [6.45, 7) is 5.89. The number of nitrogens with one attached hydrogen (secondary N) is 2. The van der Waals surface area contributed by atoms with E-state index in [1.54, 1.807) is 35.2 Å². The van der Waals surface area contributed by atoms with Gasteiger partial charge in [-0.15, -0.1) is 0 Å². The van der Waals surface area contributed by atoms with Gasteiger partial charge in [0.2, 0.25) is 17.7 Å². The Morgan fingerprint density at radius 2 is 1.82 bits per heavy atom. The number of hydrogen-bond donors (Lipinski definition) is 2. The number of ether oxygens (including phenoxy) is 1. The molecule has 2 aliphatic heterocycles. The van der Waals surface area contributed by atoms with Crippen LogP contribution in [0.25, 0.3) is 22.0 Å². The number of fused-ring (bicyclic) bond motifs is 2. The topological polar surface area (TPSA) is 161 Å². The fourth-order valence-corrected chi connectivity index (χ4v) is 7.39. The van der Waals surface area contributed by atoms with Gasteiger partial charge in [-0.1, -0.05) is 25.8 Å². The molecular weight excluding hydrogens is 716 g/mol. The van der Waals surface area contributed by atoms with E-state index in [0.717, 1.165) is 47.9 Å². The van der Waals surface area contributed by atoms with Crippen molar-refractivity contribution in [2.45, 2.75) is 84.9 Å². The number of nitrogens with zero attached hydrogens (tertiary/aromatic N) is 6. The van der Waals surface area contributed by atoms with Crippen molar-refractivity contribution in [1.29, 1.82) is 0 Å². The van der Waals surface area contributed by atoms with Crippen molar-refractivity contribution in [3.05, 3.63) is 63.9 Å². The molecule has 3 amide bonds. The summed E-state index contributed by atoms with van der Waals surface area (Å²) in [6.07, 6.45) is 8.34. The summed E-state index contributed by atoms with van der Waals surface area (Å²) in [4.78, 5) is 69.2. The first-order valence-corrected chi connectivity index (χ1v) is 18.1. The number of Topliss-reactive ketones (excluding diaryl/α,β-unsaturated/α-hetero) is 1. The number of methoxy groups -OCH3 is 1. The van der Waals surface area contributed by atoms with Crippen LogP contribution in [0.2, 0.25) is 0 Å². The number of hydrogen-bond acceptors (Lipinski definition) is 9. The molecule has 2 N–H and O–H groups in total. The normalized spacial score (nSPS) is 20.3. The van der Waals surface area contributed by atoms with E-state index in [4.69, 9.17) is 9.84 Å². The molecular formula is C37H43BrN8O5. The molecule has 268 valence electrons. The number of benzene rings is 1. The Balaban J connectivity index is 1.41. The molecule has 0 saturated carbocycles. The lowest BCUT2D eigenvalue weighted by atomic mass is 9.87. The Labute approximate surface area is 305 Å². The van der Waals surface area contributed by atoms with E-state index in [1.807, 2.05) is 26.0 Å². The molecule has 2 aliphatic rings. The fraction of sp³-hybridized carbons (Fsp3) is 0.459. The SMILES string of the molecule is COCc1ccc(Br)nc1NC(=O)[C@@H]1C[C@@]2(C)CNC(=O)CCCCCCc3cc(-c4cnc(C)nc4)cc4c(C(C)=O)nn(c34)CC(=O)N1C2. The van der Waals surface area contributed by atoms with Crippen molar-refractivity contribution in [2.24, 2.45) is 5.41 Å². The number of carbonyl (C=O) groups excluding carboxylic acids is 4. The van der Waals surface area contributed by atoms with E-state index >= 15 is 0 Å². The zero-order valence-corrected chi connectivity index (χ0v) is 31.0. The van der Waals surface area contributed by atoms with Gasteiger partial charge >= 0.3 is 0 Å². The Morgan fingerprint density at radius 1 is 1.08 bits per heavy atom. The second kappa shape index (κ2) is 15.4. The molecule has 0 aliphatic carbocycles. The number of aromatic nitrogens is 5. The third-order valence-electron chi connectivity index (χ3n) is 9.69. The van der Waals surface area contributed by atoms with Crippen molar-refractivity contribution in [3.63, 3.8) is 0 Å². The summed E-state index contributed by atoms with van der Waals surface area (Å²) in [5.74, 6) is 0.0176. The molecule has 1 saturated heterocycles. The summed E-state index contributed by atoms with van der Waals surface area (Å²) in [5, 5.41) is 11.4. The van der Waals surface area contributed by atoms with E-state index in [0.29, 0.717) is 53.0 Å². The predicted molar refractivity (Wildman–Crippen MR) is 195 cm³/mol. The van der Waals surface area contributed by atoms with Gasteiger partial charge in [0.05, 0.1) is 12.1 Å². The maximum Gasteiger partial charge on any atom is 0.248 e. The van der Waals surface area contributed by atoms with Crippen LogP contribution in [0.1, 0.15) is 79.8 Å². The van der Waals surface area contributed by atoms with E-state index < -0.39 is 17.4 Å². The van der Waals surface area contributed by atoms with Crippen LogP contribution in [0.5, 0.6) is 0 Å². The first-order valence-electron chi connectivity index (χ1n) is 17.3. The molecule has 6 rings (SSSR count). The van der Waals surface area contributed by atoms with Crippen LogP contribution in [0.4, 0.5) is 5.82 Å². The quantitative estimate of drug-likeness (QED) is 0.200. The van der Waals surface area contributed by atoms with Gasteiger partial charge in [-0.05, 0) is 77.9 Å². The van der Waals surface area contributed by atoms with Crippen molar-refractivity contribution in [1.82, 2.24) is 34.9 Å². The molecule has 0 unspecified atom stereocenters. The highest BCUT2D eigenvalue weighted by Crippen LogP contribution is 2.36. The zero-order chi connectivity index (χ0) is 36.3. The Bertz CT molecular complexity index is 1980. The average molecular weight is 760 g/mol. The monoisotopic (exact) mass is 758 g/mol. The Hall–Kier alpha value is -4.56. The van der Waals surface area contributed by atoms with E-state index in [1.165, 1.54) is 6.92 Å². The highest BCUT2D eigenvalue weighted by molar-refractivity contribution is 9.10. The van der Waals surface area contributed by atoms with Crippen LogP contribution < -0.4 is 10.6 Å². The Kier molecular flexibility index (Phi) is 10.9. The van der Waals surface area contributed by atoms with Crippen LogP contribution >= 0.6 is 15.9 Å². The minimum absolute atomic E-state index is 0.0412. The molecule has 51 heavy (non-hydrogen) atoms. The van der Waals surface area contributed by atoms with Gasteiger partial charge in [0.25, 0.3) is 0 Å². The number of amides is 3. The van der Waals surface area contributed by atoms with Crippen LogP contribution in [0.15, 0.2) is 41.3 Å². The zero-order valence-electron chi connectivity index (χ0n) is 29.4. The summed E-state index contributed by atoms with van der Waals surface area (Å²) in [5.41, 5.74) is 3.72. The lowest BCUT2D eigenvalue weighted by molar-refractivity contribution is -0.137. The van der Waals surface area contributed by atoms with Gasteiger partial charge in [0.1, 0.15) is 34.5 Å². The van der Waals surface area contributed by atoms with Crippen molar-refractivity contribution < 1.29 is 23.9 Å². The summed E-state index contributed by atoms with van der Waals surface area (Å²) >= 11 is 3.38. The minimum Gasteiger partial charge on any atom is -0.380 e. The van der Waals surface area contributed by atoms with Gasteiger partial charge in [0, 0.05) is 67.9 Å². The van der Waals surface area contributed by atoms with Gasteiger partial charge in [0.15, 0.2) is 5.78 Å². The van der Waals surface area contributed by atoms with Crippen molar-refractivity contribution in [2.75, 3.05) is 25.5 Å². The lowest BCUT2D eigenvalue weighted by Gasteiger charge is -2.26. The first kappa shape index (κ1) is 36.2. The lowest BCUT2D eigenvalue weighted by Crippen LogP contribution is -2.45. The van der Waals surface area contributed by atoms with Gasteiger partial charge in [-0.2, -0.15) is 5.10 Å². The van der Waals surface area contributed by atoms with E-state index in [-0.39, 0.29) is 43.0 Å². The molecule has 2 bridgehead atoms. The smallest absolute Gasteiger partial charge is 0.248 e. The number of anilines is 1.